The number of unbranched alkanes of at least 4 members (excludes halogenated alkanes) is 1. The summed E-state index contributed by atoms with van der Waals surface area (Å²) < 4.78 is 5.16. The number of carbonyl (C=O) groups excluding carboxylic acids is 1. The first-order chi connectivity index (χ1) is 9.40. The highest BCUT2D eigenvalue weighted by molar-refractivity contribution is 5.78. The number of hydrogen-bond acceptors (Lipinski definition) is 3. The van der Waals surface area contributed by atoms with Crippen molar-refractivity contribution in [3.8, 4) is 0 Å². The van der Waals surface area contributed by atoms with Crippen LogP contribution in [0, 0.1) is 5.41 Å². The minimum atomic E-state index is -1.21. The topological polar surface area (TPSA) is 46.5 Å². The van der Waals surface area contributed by atoms with Gasteiger partial charge in [-0.3, -0.25) is 4.79 Å². The van der Waals surface area contributed by atoms with E-state index >= 15 is 0 Å². The smallest absolute Gasteiger partial charge is 0.314 e. The van der Waals surface area contributed by atoms with Crippen molar-refractivity contribution in [2.24, 2.45) is 5.41 Å². The third-order valence-corrected chi connectivity index (χ3v) is 3.96. The number of aliphatic hydroxyl groups is 1. The van der Waals surface area contributed by atoms with Crippen LogP contribution in [0.25, 0.3) is 0 Å². The monoisotopic (exact) mass is 278 g/mol. The number of benzene rings is 1. The Kier molecular flexibility index (Phi) is 5.75. The zero-order chi connectivity index (χ0) is 15.2. The summed E-state index contributed by atoms with van der Waals surface area (Å²) in [6.45, 7) is 7.69. The second kappa shape index (κ2) is 6.89. The standard InChI is InChI=1S/C17H26O3/c1-5-7-13-17(19,14-11-9-8-10-12-14)16(3,4)15(18)20-6-2/h8-12,19H,5-7,13H2,1-4H3. The third-order valence-electron chi connectivity index (χ3n) is 3.96. The second-order valence-electron chi connectivity index (χ2n) is 5.68. The van der Waals surface area contributed by atoms with Gasteiger partial charge in [-0.15, -0.1) is 0 Å². The first-order valence-corrected chi connectivity index (χ1v) is 7.35. The second-order valence-corrected chi connectivity index (χ2v) is 5.68. The summed E-state index contributed by atoms with van der Waals surface area (Å²) in [7, 11) is 0. The third kappa shape index (κ3) is 3.21. The van der Waals surface area contributed by atoms with Crippen molar-refractivity contribution in [3.63, 3.8) is 0 Å². The van der Waals surface area contributed by atoms with Gasteiger partial charge in [-0.25, -0.2) is 0 Å². The van der Waals surface area contributed by atoms with Gasteiger partial charge in [0.1, 0.15) is 5.60 Å². The van der Waals surface area contributed by atoms with Crippen LogP contribution in [-0.4, -0.2) is 17.7 Å². The van der Waals surface area contributed by atoms with Crippen molar-refractivity contribution < 1.29 is 14.6 Å². The van der Waals surface area contributed by atoms with Crippen LogP contribution >= 0.6 is 0 Å². The summed E-state index contributed by atoms with van der Waals surface area (Å²) in [6.07, 6.45) is 2.36. The van der Waals surface area contributed by atoms with E-state index in [9.17, 15) is 9.90 Å². The van der Waals surface area contributed by atoms with Crippen LogP contribution in [0.15, 0.2) is 30.3 Å². The van der Waals surface area contributed by atoms with Crippen molar-refractivity contribution in [1.82, 2.24) is 0 Å². The molecule has 0 aliphatic rings. The van der Waals surface area contributed by atoms with E-state index in [1.54, 1.807) is 20.8 Å². The van der Waals surface area contributed by atoms with Crippen LogP contribution in [0.1, 0.15) is 52.5 Å². The maximum atomic E-state index is 12.3. The van der Waals surface area contributed by atoms with Crippen LogP contribution in [0.5, 0.6) is 0 Å². The number of hydrogen-bond donors (Lipinski definition) is 1. The number of esters is 1. The average molecular weight is 278 g/mol. The molecular weight excluding hydrogens is 252 g/mol. The van der Waals surface area contributed by atoms with Gasteiger partial charge in [0.2, 0.25) is 0 Å². The minimum Gasteiger partial charge on any atom is -0.465 e. The van der Waals surface area contributed by atoms with Crippen molar-refractivity contribution >= 4 is 5.97 Å². The van der Waals surface area contributed by atoms with Gasteiger partial charge in [0.05, 0.1) is 12.0 Å². The Balaban J connectivity index is 3.20. The molecule has 20 heavy (non-hydrogen) atoms. The minimum absolute atomic E-state index is 0.320. The highest BCUT2D eigenvalue weighted by Gasteiger charge is 2.50. The Morgan fingerprint density at radius 2 is 1.80 bits per heavy atom. The average Bonchev–Trinajstić information content (AvgIpc) is 2.45. The van der Waals surface area contributed by atoms with E-state index in [-0.39, 0.29) is 5.97 Å². The van der Waals surface area contributed by atoms with Crippen LogP contribution in [0.4, 0.5) is 0 Å². The Labute approximate surface area is 122 Å². The van der Waals surface area contributed by atoms with Gasteiger partial charge in [0.15, 0.2) is 0 Å². The molecule has 1 atom stereocenters. The molecular formula is C17H26O3. The largest absolute Gasteiger partial charge is 0.465 e. The van der Waals surface area contributed by atoms with Crippen LogP contribution in [0.3, 0.4) is 0 Å². The lowest BCUT2D eigenvalue weighted by molar-refractivity contribution is -0.174. The van der Waals surface area contributed by atoms with E-state index in [0.717, 1.165) is 18.4 Å². The molecule has 1 N–H and O–H groups in total. The summed E-state index contributed by atoms with van der Waals surface area (Å²) in [5, 5.41) is 11.2. The molecule has 1 aromatic carbocycles. The van der Waals surface area contributed by atoms with Gasteiger partial charge < -0.3 is 9.84 Å². The molecule has 0 heterocycles. The maximum absolute atomic E-state index is 12.3. The van der Waals surface area contributed by atoms with Crippen molar-refractivity contribution in [2.75, 3.05) is 6.61 Å². The van der Waals surface area contributed by atoms with Gasteiger partial charge >= 0.3 is 5.97 Å². The fourth-order valence-electron chi connectivity index (χ4n) is 2.44. The van der Waals surface area contributed by atoms with Gasteiger partial charge in [-0.1, -0.05) is 50.1 Å². The summed E-state index contributed by atoms with van der Waals surface area (Å²) in [4.78, 5) is 12.3. The molecule has 112 valence electrons. The Bertz CT molecular complexity index is 425. The Hall–Kier alpha value is -1.35. The molecule has 0 aliphatic carbocycles. The highest BCUT2D eigenvalue weighted by atomic mass is 16.5. The lowest BCUT2D eigenvalue weighted by atomic mass is 9.68. The summed E-state index contributed by atoms with van der Waals surface area (Å²) in [5.41, 5.74) is -1.43. The molecule has 0 bridgehead atoms. The van der Waals surface area contributed by atoms with E-state index in [1.807, 2.05) is 30.3 Å². The fourth-order valence-corrected chi connectivity index (χ4v) is 2.44. The molecule has 0 aliphatic heterocycles. The van der Waals surface area contributed by atoms with E-state index in [0.29, 0.717) is 13.0 Å². The first-order valence-electron chi connectivity index (χ1n) is 7.35. The first kappa shape index (κ1) is 16.7. The zero-order valence-electron chi connectivity index (χ0n) is 13.0. The zero-order valence-corrected chi connectivity index (χ0v) is 13.0. The SMILES string of the molecule is CCCCC(O)(c1ccccc1)C(C)(C)C(=O)OCC. The van der Waals surface area contributed by atoms with Crippen molar-refractivity contribution in [1.29, 1.82) is 0 Å². The summed E-state index contributed by atoms with van der Waals surface area (Å²) in [6, 6.07) is 9.41. The highest BCUT2D eigenvalue weighted by Crippen LogP contribution is 2.44. The van der Waals surface area contributed by atoms with Gasteiger partial charge in [-0.2, -0.15) is 0 Å². The number of carbonyl (C=O) groups is 1. The molecule has 0 aromatic heterocycles. The molecule has 3 nitrogen and oxygen atoms in total. The summed E-state index contributed by atoms with van der Waals surface area (Å²) >= 11 is 0. The number of ether oxygens (including phenoxy) is 1. The van der Waals surface area contributed by atoms with E-state index in [2.05, 4.69) is 6.92 Å². The lowest BCUT2D eigenvalue weighted by Gasteiger charge is -2.41. The fraction of sp³-hybridized carbons (Fsp3) is 0.588. The molecule has 3 heteroatoms. The summed E-state index contributed by atoms with van der Waals surface area (Å²) in [5.74, 6) is -0.359. The molecule has 0 radical (unpaired) electrons. The van der Waals surface area contributed by atoms with Gasteiger partial charge in [-0.05, 0) is 32.8 Å². The molecule has 0 spiro atoms. The number of rotatable bonds is 7. The quantitative estimate of drug-likeness (QED) is 0.774. The van der Waals surface area contributed by atoms with Crippen molar-refractivity contribution in [2.45, 2.75) is 52.6 Å². The molecule has 1 unspecified atom stereocenters. The van der Waals surface area contributed by atoms with Crippen LogP contribution < -0.4 is 0 Å². The van der Waals surface area contributed by atoms with E-state index in [1.165, 1.54) is 0 Å². The van der Waals surface area contributed by atoms with E-state index < -0.39 is 11.0 Å². The van der Waals surface area contributed by atoms with Crippen LogP contribution in [0.2, 0.25) is 0 Å². The Morgan fingerprint density at radius 3 is 2.30 bits per heavy atom. The molecule has 1 aromatic rings. The van der Waals surface area contributed by atoms with Crippen LogP contribution in [-0.2, 0) is 15.1 Å². The molecule has 0 saturated carbocycles. The molecule has 0 fully saturated rings. The predicted octanol–water partition coefficient (Wildman–Crippen LogP) is 3.65. The lowest BCUT2D eigenvalue weighted by Crippen LogP contribution is -2.48. The predicted molar refractivity (Wildman–Crippen MR) is 80.3 cm³/mol. The molecule has 1 rings (SSSR count). The maximum Gasteiger partial charge on any atom is 0.314 e. The van der Waals surface area contributed by atoms with Gasteiger partial charge in [0.25, 0.3) is 0 Å². The van der Waals surface area contributed by atoms with Gasteiger partial charge in [0, 0.05) is 0 Å². The molecule has 0 saturated heterocycles. The molecule has 0 amide bonds. The normalized spacial score (nSPS) is 14.7. The van der Waals surface area contributed by atoms with E-state index in [4.69, 9.17) is 4.74 Å². The van der Waals surface area contributed by atoms with Crippen molar-refractivity contribution in [3.05, 3.63) is 35.9 Å². The Morgan fingerprint density at radius 1 is 1.20 bits per heavy atom.